The lowest BCUT2D eigenvalue weighted by Gasteiger charge is -2.43. The minimum Gasteiger partial charge on any atom is -0.496 e. The Kier molecular flexibility index (Phi) is 5.35. The van der Waals surface area contributed by atoms with E-state index >= 15 is 0 Å². The van der Waals surface area contributed by atoms with Crippen molar-refractivity contribution in [2.75, 3.05) is 36.5 Å². The predicted molar refractivity (Wildman–Crippen MR) is 107 cm³/mol. The molecule has 1 saturated heterocycles. The topological polar surface area (TPSA) is 67.9 Å². The molecule has 0 spiro atoms. The summed E-state index contributed by atoms with van der Waals surface area (Å²) < 4.78 is 38.7. The van der Waals surface area contributed by atoms with Crippen molar-refractivity contribution < 1.29 is 17.9 Å². The Morgan fingerprint density at radius 1 is 1.15 bits per heavy atom. The molecule has 3 rings (SSSR count). The standard InChI is InChI=1S/C20H26N2O4S/c1-15-13-18(9-10-19(15)25-4)27(23,24)21-16-5-7-17(8-6-16)22-11-12-26-14-20(22,2)3/h5-10,13,21H,11-12,14H2,1-4H3. The third kappa shape index (κ3) is 4.20. The molecule has 0 aliphatic carbocycles. The minimum atomic E-state index is -3.66. The van der Waals surface area contributed by atoms with Crippen molar-refractivity contribution >= 4 is 21.4 Å². The molecule has 0 aromatic heterocycles. The fraction of sp³-hybridized carbons (Fsp3) is 0.400. The number of methoxy groups -OCH3 is 1. The first-order chi connectivity index (χ1) is 12.7. The molecule has 27 heavy (non-hydrogen) atoms. The first-order valence-corrected chi connectivity index (χ1v) is 10.3. The average molecular weight is 391 g/mol. The molecule has 6 nitrogen and oxygen atoms in total. The molecule has 1 fully saturated rings. The first-order valence-electron chi connectivity index (χ1n) is 8.86. The van der Waals surface area contributed by atoms with Gasteiger partial charge in [0.25, 0.3) is 10.0 Å². The van der Waals surface area contributed by atoms with E-state index in [2.05, 4.69) is 23.5 Å². The van der Waals surface area contributed by atoms with Gasteiger partial charge < -0.3 is 14.4 Å². The van der Waals surface area contributed by atoms with Crippen LogP contribution in [0.3, 0.4) is 0 Å². The van der Waals surface area contributed by atoms with Crippen molar-refractivity contribution in [2.24, 2.45) is 0 Å². The van der Waals surface area contributed by atoms with Crippen LogP contribution in [0.2, 0.25) is 0 Å². The van der Waals surface area contributed by atoms with Crippen LogP contribution in [0.15, 0.2) is 47.4 Å². The third-order valence-electron chi connectivity index (χ3n) is 4.75. The number of hydrogen-bond donors (Lipinski definition) is 1. The van der Waals surface area contributed by atoms with Gasteiger partial charge in [0.1, 0.15) is 5.75 Å². The lowest BCUT2D eigenvalue weighted by molar-refractivity contribution is 0.0644. The van der Waals surface area contributed by atoms with Gasteiger partial charge in [-0.15, -0.1) is 0 Å². The van der Waals surface area contributed by atoms with Crippen molar-refractivity contribution in [3.63, 3.8) is 0 Å². The van der Waals surface area contributed by atoms with Gasteiger partial charge in [-0.1, -0.05) is 0 Å². The zero-order valence-corrected chi connectivity index (χ0v) is 17.0. The van der Waals surface area contributed by atoms with Gasteiger partial charge in [-0.3, -0.25) is 4.72 Å². The van der Waals surface area contributed by atoms with E-state index in [1.165, 1.54) is 0 Å². The van der Waals surface area contributed by atoms with Crippen molar-refractivity contribution in [3.05, 3.63) is 48.0 Å². The Morgan fingerprint density at radius 3 is 2.44 bits per heavy atom. The number of benzene rings is 2. The van der Waals surface area contributed by atoms with Crippen LogP contribution in [0, 0.1) is 6.92 Å². The maximum absolute atomic E-state index is 12.7. The summed E-state index contributed by atoms with van der Waals surface area (Å²) in [4.78, 5) is 2.49. The van der Waals surface area contributed by atoms with Crippen LogP contribution >= 0.6 is 0 Å². The monoisotopic (exact) mass is 390 g/mol. The predicted octanol–water partition coefficient (Wildman–Crippen LogP) is 3.42. The summed E-state index contributed by atoms with van der Waals surface area (Å²) in [7, 11) is -2.10. The summed E-state index contributed by atoms with van der Waals surface area (Å²) in [5, 5.41) is 0. The summed E-state index contributed by atoms with van der Waals surface area (Å²) in [6, 6.07) is 12.2. The van der Waals surface area contributed by atoms with Crippen LogP contribution < -0.4 is 14.4 Å². The van der Waals surface area contributed by atoms with Crippen molar-refractivity contribution in [2.45, 2.75) is 31.2 Å². The molecule has 0 bridgehead atoms. The van der Waals surface area contributed by atoms with Crippen LogP contribution in [0.25, 0.3) is 0 Å². The number of sulfonamides is 1. The Morgan fingerprint density at radius 2 is 1.85 bits per heavy atom. The maximum atomic E-state index is 12.7. The molecule has 1 aliphatic rings. The van der Waals surface area contributed by atoms with E-state index in [-0.39, 0.29) is 10.4 Å². The lowest BCUT2D eigenvalue weighted by Crippen LogP contribution is -2.53. The van der Waals surface area contributed by atoms with Crippen molar-refractivity contribution in [3.8, 4) is 5.75 Å². The van der Waals surface area contributed by atoms with E-state index in [1.807, 2.05) is 19.1 Å². The summed E-state index contributed by atoms with van der Waals surface area (Å²) in [5.41, 5.74) is 2.25. The summed E-state index contributed by atoms with van der Waals surface area (Å²) in [5.74, 6) is 0.659. The molecule has 0 amide bonds. The minimum absolute atomic E-state index is 0.0973. The van der Waals surface area contributed by atoms with Gasteiger partial charge >= 0.3 is 0 Å². The first kappa shape index (κ1) is 19.5. The highest BCUT2D eigenvalue weighted by Crippen LogP contribution is 2.29. The van der Waals surface area contributed by atoms with Crippen LogP contribution in [-0.4, -0.2) is 40.8 Å². The normalized spacial score (nSPS) is 16.8. The number of anilines is 2. The smallest absolute Gasteiger partial charge is 0.261 e. The molecule has 0 radical (unpaired) electrons. The second-order valence-corrected chi connectivity index (χ2v) is 8.98. The molecule has 1 heterocycles. The lowest BCUT2D eigenvalue weighted by atomic mass is 10.0. The summed E-state index contributed by atoms with van der Waals surface area (Å²) in [6.07, 6.45) is 0. The van der Waals surface area contributed by atoms with Crippen molar-refractivity contribution in [1.29, 1.82) is 0 Å². The van der Waals surface area contributed by atoms with E-state index in [0.717, 1.165) is 17.8 Å². The van der Waals surface area contributed by atoms with Crippen LogP contribution in [0.4, 0.5) is 11.4 Å². The Bertz CT molecular complexity index is 908. The Labute approximate surface area is 161 Å². The zero-order chi connectivity index (χ0) is 19.7. The van der Waals surface area contributed by atoms with Gasteiger partial charge in [0.05, 0.1) is 30.8 Å². The molecule has 0 atom stereocenters. The number of nitrogens with zero attached hydrogens (tertiary/aromatic N) is 1. The van der Waals surface area contributed by atoms with Crippen LogP contribution in [0.5, 0.6) is 5.75 Å². The quantitative estimate of drug-likeness (QED) is 0.847. The van der Waals surface area contributed by atoms with Gasteiger partial charge in [-0.2, -0.15) is 0 Å². The van der Waals surface area contributed by atoms with E-state index in [1.54, 1.807) is 37.4 Å². The van der Waals surface area contributed by atoms with Gasteiger partial charge in [0, 0.05) is 17.9 Å². The maximum Gasteiger partial charge on any atom is 0.261 e. The highest BCUT2D eigenvalue weighted by molar-refractivity contribution is 7.92. The molecule has 7 heteroatoms. The molecule has 2 aromatic carbocycles. The van der Waals surface area contributed by atoms with E-state index in [0.29, 0.717) is 24.7 Å². The SMILES string of the molecule is COc1ccc(S(=O)(=O)Nc2ccc(N3CCOCC3(C)C)cc2)cc1C. The fourth-order valence-electron chi connectivity index (χ4n) is 3.28. The van der Waals surface area contributed by atoms with Gasteiger partial charge in [-0.25, -0.2) is 8.42 Å². The number of nitrogens with one attached hydrogen (secondary N) is 1. The molecule has 2 aromatic rings. The second kappa shape index (κ2) is 7.40. The van der Waals surface area contributed by atoms with E-state index in [9.17, 15) is 8.42 Å². The third-order valence-corrected chi connectivity index (χ3v) is 6.13. The molecular weight excluding hydrogens is 364 g/mol. The highest BCUT2D eigenvalue weighted by atomic mass is 32.2. The van der Waals surface area contributed by atoms with Crippen LogP contribution in [0.1, 0.15) is 19.4 Å². The number of hydrogen-bond acceptors (Lipinski definition) is 5. The average Bonchev–Trinajstić information content (AvgIpc) is 2.62. The molecule has 0 saturated carbocycles. The number of aryl methyl sites for hydroxylation is 1. The van der Waals surface area contributed by atoms with E-state index in [4.69, 9.17) is 9.47 Å². The summed E-state index contributed by atoms with van der Waals surface area (Å²) >= 11 is 0. The summed E-state index contributed by atoms with van der Waals surface area (Å²) in [6.45, 7) is 8.25. The van der Waals surface area contributed by atoms with Crippen molar-refractivity contribution in [1.82, 2.24) is 0 Å². The van der Waals surface area contributed by atoms with Gasteiger partial charge in [-0.05, 0) is 68.8 Å². The number of rotatable bonds is 5. The Hall–Kier alpha value is -2.25. The molecule has 1 N–H and O–H groups in total. The Balaban J connectivity index is 1.78. The van der Waals surface area contributed by atoms with Gasteiger partial charge in [0.2, 0.25) is 0 Å². The largest absolute Gasteiger partial charge is 0.496 e. The molecule has 0 unspecified atom stereocenters. The zero-order valence-electron chi connectivity index (χ0n) is 16.2. The van der Waals surface area contributed by atoms with E-state index < -0.39 is 10.0 Å². The second-order valence-electron chi connectivity index (χ2n) is 7.30. The number of ether oxygens (including phenoxy) is 2. The van der Waals surface area contributed by atoms with Crippen LogP contribution in [-0.2, 0) is 14.8 Å². The fourth-order valence-corrected chi connectivity index (χ4v) is 4.42. The molecular formula is C20H26N2O4S. The van der Waals surface area contributed by atoms with Gasteiger partial charge in [0.15, 0.2) is 0 Å². The highest BCUT2D eigenvalue weighted by Gasteiger charge is 2.30. The number of morpholine rings is 1. The molecule has 146 valence electrons. The molecule has 1 aliphatic heterocycles.